The van der Waals surface area contributed by atoms with Gasteiger partial charge >= 0.3 is 5.97 Å². The van der Waals surface area contributed by atoms with Crippen LogP contribution in [0.5, 0.6) is 0 Å². The van der Waals surface area contributed by atoms with Crippen LogP contribution in [0.15, 0.2) is 24.3 Å². The first-order valence-corrected chi connectivity index (χ1v) is 6.18. The molecule has 1 saturated heterocycles. The third kappa shape index (κ3) is 1.99. The minimum absolute atomic E-state index is 0.238. The molecule has 3 rings (SSSR count). The maximum absolute atomic E-state index is 10.9. The summed E-state index contributed by atoms with van der Waals surface area (Å²) in [6.07, 6.45) is 2.23. The number of carboxylic acids is 1. The number of ether oxygens (including phenoxy) is 1. The molecule has 2 aromatic rings. The van der Waals surface area contributed by atoms with Gasteiger partial charge in [0.1, 0.15) is 5.69 Å². The number of aromatic carboxylic acids is 1. The first-order valence-electron chi connectivity index (χ1n) is 6.18. The average molecular weight is 245 g/mol. The van der Waals surface area contributed by atoms with Crippen LogP contribution < -0.4 is 0 Å². The summed E-state index contributed by atoms with van der Waals surface area (Å²) in [5, 5.41) is 9.91. The molecule has 1 aromatic carbocycles. The van der Waals surface area contributed by atoms with Crippen LogP contribution in [-0.2, 0) is 4.74 Å². The van der Waals surface area contributed by atoms with Crippen LogP contribution in [0, 0.1) is 0 Å². The third-order valence-electron chi connectivity index (χ3n) is 3.51. The molecule has 1 aromatic heterocycles. The SMILES string of the molecule is O=C(O)c1cc2cc(C3CCCOC3)ccc2[nH]1. The molecule has 1 aliphatic rings. The molecule has 2 heterocycles. The fourth-order valence-corrected chi connectivity index (χ4v) is 2.52. The van der Waals surface area contributed by atoms with Gasteiger partial charge in [0.2, 0.25) is 0 Å². The number of carbonyl (C=O) groups is 1. The zero-order chi connectivity index (χ0) is 12.5. The van der Waals surface area contributed by atoms with Gasteiger partial charge in [-0.05, 0) is 36.6 Å². The van der Waals surface area contributed by atoms with Crippen molar-refractivity contribution in [3.05, 3.63) is 35.5 Å². The van der Waals surface area contributed by atoms with Gasteiger partial charge in [-0.2, -0.15) is 0 Å². The highest BCUT2D eigenvalue weighted by molar-refractivity contribution is 5.93. The molecule has 0 amide bonds. The second kappa shape index (κ2) is 4.46. The quantitative estimate of drug-likeness (QED) is 0.855. The molecule has 1 atom stereocenters. The molecule has 4 heteroatoms. The van der Waals surface area contributed by atoms with Crippen molar-refractivity contribution in [1.82, 2.24) is 4.98 Å². The van der Waals surface area contributed by atoms with Crippen LogP contribution in [0.25, 0.3) is 10.9 Å². The van der Waals surface area contributed by atoms with Crippen LogP contribution in [0.1, 0.15) is 34.8 Å². The van der Waals surface area contributed by atoms with E-state index in [-0.39, 0.29) is 5.69 Å². The molecule has 4 nitrogen and oxygen atoms in total. The maximum atomic E-state index is 10.9. The van der Waals surface area contributed by atoms with E-state index in [1.165, 1.54) is 5.56 Å². The van der Waals surface area contributed by atoms with Gasteiger partial charge in [0.05, 0.1) is 6.61 Å². The molecule has 1 unspecified atom stereocenters. The second-order valence-corrected chi connectivity index (χ2v) is 4.75. The number of fused-ring (bicyclic) bond motifs is 1. The van der Waals surface area contributed by atoms with E-state index in [1.54, 1.807) is 6.07 Å². The summed E-state index contributed by atoms with van der Waals surface area (Å²) in [5.41, 5.74) is 2.34. The number of hydrogen-bond acceptors (Lipinski definition) is 2. The summed E-state index contributed by atoms with van der Waals surface area (Å²) in [5.74, 6) is -0.486. The zero-order valence-corrected chi connectivity index (χ0v) is 9.98. The highest BCUT2D eigenvalue weighted by Gasteiger charge is 2.17. The Kier molecular flexibility index (Phi) is 2.80. The molecule has 0 bridgehead atoms. The van der Waals surface area contributed by atoms with Crippen LogP contribution in [0.4, 0.5) is 0 Å². The fraction of sp³-hybridized carbons (Fsp3) is 0.357. The number of carboxylic acid groups (broad SMARTS) is 1. The first kappa shape index (κ1) is 11.3. The van der Waals surface area contributed by atoms with Crippen LogP contribution in [0.2, 0.25) is 0 Å². The molecule has 0 spiro atoms. The van der Waals surface area contributed by atoms with E-state index >= 15 is 0 Å². The molecular formula is C14H15NO3. The van der Waals surface area contributed by atoms with Gasteiger partial charge in [0, 0.05) is 23.4 Å². The van der Waals surface area contributed by atoms with Gasteiger partial charge in [-0.25, -0.2) is 4.79 Å². The standard InChI is InChI=1S/C14H15NO3/c16-14(17)13-7-11-6-9(3-4-12(11)15-13)10-2-1-5-18-8-10/h3-4,6-7,10,15H,1-2,5,8H2,(H,16,17). The summed E-state index contributed by atoms with van der Waals surface area (Å²) in [6, 6.07) is 7.76. The molecule has 18 heavy (non-hydrogen) atoms. The molecule has 0 aliphatic carbocycles. The van der Waals surface area contributed by atoms with Crippen LogP contribution >= 0.6 is 0 Å². The lowest BCUT2D eigenvalue weighted by molar-refractivity contribution is 0.0691. The second-order valence-electron chi connectivity index (χ2n) is 4.75. The fourth-order valence-electron chi connectivity index (χ4n) is 2.52. The van der Waals surface area contributed by atoms with Crippen LogP contribution in [0.3, 0.4) is 0 Å². The molecule has 0 radical (unpaired) electrons. The number of hydrogen-bond donors (Lipinski definition) is 2. The van der Waals surface area contributed by atoms with E-state index in [0.717, 1.165) is 37.0 Å². The van der Waals surface area contributed by atoms with Crippen molar-refractivity contribution in [2.24, 2.45) is 0 Å². The Balaban J connectivity index is 1.96. The number of benzene rings is 1. The highest BCUT2D eigenvalue weighted by Crippen LogP contribution is 2.28. The van der Waals surface area contributed by atoms with Crippen molar-refractivity contribution in [2.75, 3.05) is 13.2 Å². The maximum Gasteiger partial charge on any atom is 0.352 e. The normalized spacial score (nSPS) is 20.1. The Bertz CT molecular complexity index is 582. The molecule has 0 saturated carbocycles. The molecule has 1 fully saturated rings. The van der Waals surface area contributed by atoms with Crippen molar-refractivity contribution in [1.29, 1.82) is 0 Å². The summed E-state index contributed by atoms with van der Waals surface area (Å²) in [4.78, 5) is 13.8. The number of aromatic amines is 1. The van der Waals surface area contributed by atoms with E-state index in [9.17, 15) is 4.79 Å². The third-order valence-corrected chi connectivity index (χ3v) is 3.51. The van der Waals surface area contributed by atoms with Crippen molar-refractivity contribution in [3.63, 3.8) is 0 Å². The Hall–Kier alpha value is -1.81. The lowest BCUT2D eigenvalue weighted by Crippen LogP contribution is -2.15. The average Bonchev–Trinajstić information content (AvgIpc) is 2.82. The first-order chi connectivity index (χ1) is 8.74. The molecule has 94 valence electrons. The van der Waals surface area contributed by atoms with Gasteiger partial charge < -0.3 is 14.8 Å². The van der Waals surface area contributed by atoms with E-state index in [2.05, 4.69) is 17.1 Å². The van der Waals surface area contributed by atoms with Crippen molar-refractivity contribution in [3.8, 4) is 0 Å². The number of aromatic nitrogens is 1. The smallest absolute Gasteiger partial charge is 0.352 e. The summed E-state index contributed by atoms with van der Waals surface area (Å²) >= 11 is 0. The number of rotatable bonds is 2. The number of nitrogens with one attached hydrogen (secondary N) is 1. The summed E-state index contributed by atoms with van der Waals surface area (Å²) < 4.78 is 5.49. The van der Waals surface area contributed by atoms with Gasteiger partial charge in [0.15, 0.2) is 0 Å². The van der Waals surface area contributed by atoms with Gasteiger partial charge in [0.25, 0.3) is 0 Å². The van der Waals surface area contributed by atoms with E-state index in [0.29, 0.717) is 5.92 Å². The number of H-pyrrole nitrogens is 1. The van der Waals surface area contributed by atoms with E-state index in [4.69, 9.17) is 9.84 Å². The van der Waals surface area contributed by atoms with Crippen molar-refractivity contribution < 1.29 is 14.6 Å². The van der Waals surface area contributed by atoms with Gasteiger partial charge in [-0.3, -0.25) is 0 Å². The summed E-state index contributed by atoms with van der Waals surface area (Å²) in [7, 11) is 0. The topological polar surface area (TPSA) is 62.3 Å². The largest absolute Gasteiger partial charge is 0.477 e. The summed E-state index contributed by atoms with van der Waals surface area (Å²) in [6.45, 7) is 1.62. The predicted octanol–water partition coefficient (Wildman–Crippen LogP) is 2.76. The minimum Gasteiger partial charge on any atom is -0.477 e. The Morgan fingerprint density at radius 1 is 1.39 bits per heavy atom. The minimum atomic E-state index is -0.922. The highest BCUT2D eigenvalue weighted by atomic mass is 16.5. The van der Waals surface area contributed by atoms with Gasteiger partial charge in [-0.15, -0.1) is 0 Å². The molecular weight excluding hydrogens is 230 g/mol. The van der Waals surface area contributed by atoms with E-state index < -0.39 is 5.97 Å². The lowest BCUT2D eigenvalue weighted by atomic mass is 9.93. The Morgan fingerprint density at radius 3 is 3.00 bits per heavy atom. The van der Waals surface area contributed by atoms with E-state index in [1.807, 2.05) is 6.07 Å². The zero-order valence-electron chi connectivity index (χ0n) is 9.98. The molecule has 1 aliphatic heterocycles. The monoisotopic (exact) mass is 245 g/mol. The lowest BCUT2D eigenvalue weighted by Gasteiger charge is -2.22. The Morgan fingerprint density at radius 2 is 2.28 bits per heavy atom. The Labute approximate surface area is 105 Å². The molecule has 2 N–H and O–H groups in total. The van der Waals surface area contributed by atoms with Gasteiger partial charge in [-0.1, -0.05) is 6.07 Å². The van der Waals surface area contributed by atoms with Crippen LogP contribution in [-0.4, -0.2) is 29.3 Å². The van der Waals surface area contributed by atoms with Crippen molar-refractivity contribution in [2.45, 2.75) is 18.8 Å². The van der Waals surface area contributed by atoms with Crippen molar-refractivity contribution >= 4 is 16.9 Å². The predicted molar refractivity (Wildman–Crippen MR) is 68.1 cm³/mol.